The molecule has 6 heteroatoms. The lowest BCUT2D eigenvalue weighted by Gasteiger charge is -2.20. The summed E-state index contributed by atoms with van der Waals surface area (Å²) in [5.41, 5.74) is 2.70. The molecular formula is C19H15NO4S. The van der Waals surface area contributed by atoms with Gasteiger partial charge in [-0.2, -0.15) is 13.1 Å². The molecule has 0 amide bonds. The number of hydrogen-bond donors (Lipinski definition) is 1. The highest BCUT2D eigenvalue weighted by Crippen LogP contribution is 2.34. The third kappa shape index (κ3) is 3.35. The fraction of sp³-hybridized carbons (Fsp3) is 0.0526. The van der Waals surface area contributed by atoms with Crippen molar-refractivity contribution in [2.24, 2.45) is 0 Å². The van der Waals surface area contributed by atoms with Crippen LogP contribution in [0.5, 0.6) is 17.2 Å². The highest BCUT2D eigenvalue weighted by molar-refractivity contribution is 7.85. The van der Waals surface area contributed by atoms with Gasteiger partial charge in [0.1, 0.15) is 17.2 Å². The van der Waals surface area contributed by atoms with E-state index >= 15 is 0 Å². The molecule has 3 aromatic carbocycles. The van der Waals surface area contributed by atoms with E-state index in [1.807, 2.05) is 60.7 Å². The van der Waals surface area contributed by atoms with Gasteiger partial charge in [0.05, 0.1) is 0 Å². The SMILES string of the molecule is O=S1(=O)NCc2c(cccc2-c2ccc(Oc3ccccc3)cc2)O1. The maximum Gasteiger partial charge on any atom is 0.382 e. The lowest BCUT2D eigenvalue weighted by atomic mass is 9.99. The van der Waals surface area contributed by atoms with Crippen LogP contribution in [0.1, 0.15) is 5.56 Å². The van der Waals surface area contributed by atoms with Crippen molar-refractivity contribution >= 4 is 10.3 Å². The molecule has 1 N–H and O–H groups in total. The maximum atomic E-state index is 11.5. The topological polar surface area (TPSA) is 64.6 Å². The highest BCUT2D eigenvalue weighted by atomic mass is 32.2. The number of nitrogens with one attached hydrogen (secondary N) is 1. The van der Waals surface area contributed by atoms with Crippen molar-refractivity contribution in [3.05, 3.63) is 78.4 Å². The zero-order valence-corrected chi connectivity index (χ0v) is 14.0. The first-order valence-electron chi connectivity index (χ1n) is 7.75. The fourth-order valence-corrected chi connectivity index (χ4v) is 3.50. The van der Waals surface area contributed by atoms with Gasteiger partial charge in [-0.1, -0.05) is 42.5 Å². The maximum absolute atomic E-state index is 11.5. The average molecular weight is 353 g/mol. The Morgan fingerprint density at radius 3 is 2.32 bits per heavy atom. The van der Waals surface area contributed by atoms with E-state index in [0.717, 1.165) is 28.2 Å². The van der Waals surface area contributed by atoms with Crippen LogP contribution in [0.25, 0.3) is 11.1 Å². The number of para-hydroxylation sites is 1. The van der Waals surface area contributed by atoms with Crippen LogP contribution >= 0.6 is 0 Å². The summed E-state index contributed by atoms with van der Waals surface area (Å²) >= 11 is 0. The summed E-state index contributed by atoms with van der Waals surface area (Å²) in [6, 6.07) is 22.6. The van der Waals surface area contributed by atoms with Crippen molar-refractivity contribution in [3.63, 3.8) is 0 Å². The molecule has 1 heterocycles. The first kappa shape index (κ1) is 15.7. The molecule has 0 radical (unpaired) electrons. The van der Waals surface area contributed by atoms with Crippen LogP contribution < -0.4 is 13.6 Å². The van der Waals surface area contributed by atoms with Crippen LogP contribution in [-0.2, 0) is 16.8 Å². The summed E-state index contributed by atoms with van der Waals surface area (Å²) < 4.78 is 36.3. The number of hydrogen-bond acceptors (Lipinski definition) is 4. The first-order valence-corrected chi connectivity index (χ1v) is 9.16. The summed E-state index contributed by atoms with van der Waals surface area (Å²) in [7, 11) is -3.71. The Kier molecular flexibility index (Phi) is 3.91. The third-order valence-electron chi connectivity index (χ3n) is 3.90. The van der Waals surface area contributed by atoms with Crippen molar-refractivity contribution in [1.29, 1.82) is 0 Å². The molecule has 0 fully saturated rings. The van der Waals surface area contributed by atoms with Crippen molar-refractivity contribution in [1.82, 2.24) is 4.72 Å². The minimum Gasteiger partial charge on any atom is -0.457 e. The van der Waals surface area contributed by atoms with Gasteiger partial charge in [0.15, 0.2) is 0 Å². The third-order valence-corrected chi connectivity index (χ3v) is 4.80. The van der Waals surface area contributed by atoms with Gasteiger partial charge in [-0.05, 0) is 41.5 Å². The van der Waals surface area contributed by atoms with E-state index < -0.39 is 10.3 Å². The molecule has 1 aliphatic rings. The molecular weight excluding hydrogens is 338 g/mol. The van der Waals surface area contributed by atoms with E-state index in [-0.39, 0.29) is 6.54 Å². The summed E-state index contributed by atoms with van der Waals surface area (Å²) in [6.45, 7) is 0.204. The van der Waals surface area contributed by atoms with Gasteiger partial charge >= 0.3 is 10.3 Å². The summed E-state index contributed by atoms with van der Waals surface area (Å²) in [6.07, 6.45) is 0. The Balaban J connectivity index is 1.63. The smallest absolute Gasteiger partial charge is 0.382 e. The lowest BCUT2D eigenvalue weighted by Crippen LogP contribution is -2.32. The van der Waals surface area contributed by atoms with E-state index in [4.69, 9.17) is 8.92 Å². The van der Waals surface area contributed by atoms with Crippen LogP contribution in [0, 0.1) is 0 Å². The normalized spacial score (nSPS) is 15.0. The Bertz CT molecular complexity index is 999. The molecule has 25 heavy (non-hydrogen) atoms. The second-order valence-electron chi connectivity index (χ2n) is 5.58. The van der Waals surface area contributed by atoms with E-state index in [2.05, 4.69) is 4.72 Å². The van der Waals surface area contributed by atoms with Crippen molar-refractivity contribution in [2.45, 2.75) is 6.54 Å². The second kappa shape index (κ2) is 6.23. The minimum absolute atomic E-state index is 0.204. The van der Waals surface area contributed by atoms with Gasteiger partial charge in [-0.25, -0.2) is 0 Å². The quantitative estimate of drug-likeness (QED) is 0.776. The molecule has 4 rings (SSSR count). The van der Waals surface area contributed by atoms with Crippen molar-refractivity contribution in [2.75, 3.05) is 0 Å². The van der Waals surface area contributed by atoms with E-state index in [9.17, 15) is 8.42 Å². The van der Waals surface area contributed by atoms with Gasteiger partial charge in [0.2, 0.25) is 0 Å². The number of benzene rings is 3. The summed E-state index contributed by atoms with van der Waals surface area (Å²) in [5.74, 6) is 1.87. The van der Waals surface area contributed by atoms with Crippen LogP contribution in [0.4, 0.5) is 0 Å². The minimum atomic E-state index is -3.71. The Hall–Kier alpha value is -2.83. The molecule has 126 valence electrons. The first-order chi connectivity index (χ1) is 12.1. The van der Waals surface area contributed by atoms with Gasteiger partial charge in [-0.3, -0.25) is 0 Å². The van der Waals surface area contributed by atoms with E-state index in [1.54, 1.807) is 12.1 Å². The number of rotatable bonds is 3. The molecule has 0 spiro atoms. The van der Waals surface area contributed by atoms with Gasteiger partial charge in [0, 0.05) is 12.1 Å². The highest BCUT2D eigenvalue weighted by Gasteiger charge is 2.24. The zero-order valence-electron chi connectivity index (χ0n) is 13.2. The van der Waals surface area contributed by atoms with Crippen molar-refractivity contribution < 1.29 is 17.3 Å². The molecule has 0 unspecified atom stereocenters. The zero-order chi connectivity index (χ0) is 17.3. The molecule has 0 bridgehead atoms. The Morgan fingerprint density at radius 2 is 1.56 bits per heavy atom. The molecule has 0 saturated carbocycles. The summed E-state index contributed by atoms with van der Waals surface area (Å²) in [4.78, 5) is 0. The molecule has 1 aliphatic heterocycles. The van der Waals surface area contributed by atoms with Crippen LogP contribution in [-0.4, -0.2) is 8.42 Å². The van der Waals surface area contributed by atoms with Gasteiger partial charge in [-0.15, -0.1) is 0 Å². The molecule has 0 saturated heterocycles. The molecule has 0 aliphatic carbocycles. The Labute approximate surface area is 146 Å². The van der Waals surface area contributed by atoms with E-state index in [0.29, 0.717) is 5.75 Å². The van der Waals surface area contributed by atoms with Crippen LogP contribution in [0.3, 0.4) is 0 Å². The largest absolute Gasteiger partial charge is 0.457 e. The molecule has 0 atom stereocenters. The summed E-state index contributed by atoms with van der Waals surface area (Å²) in [5, 5.41) is 0. The Morgan fingerprint density at radius 1 is 0.840 bits per heavy atom. The predicted octanol–water partition coefficient (Wildman–Crippen LogP) is 3.87. The van der Waals surface area contributed by atoms with Crippen LogP contribution in [0.15, 0.2) is 72.8 Å². The molecule has 5 nitrogen and oxygen atoms in total. The number of fused-ring (bicyclic) bond motifs is 1. The van der Waals surface area contributed by atoms with E-state index in [1.165, 1.54) is 0 Å². The van der Waals surface area contributed by atoms with Gasteiger partial charge < -0.3 is 8.92 Å². The monoisotopic (exact) mass is 353 g/mol. The number of ether oxygens (including phenoxy) is 1. The van der Waals surface area contributed by atoms with Crippen LogP contribution in [0.2, 0.25) is 0 Å². The molecule has 3 aromatic rings. The predicted molar refractivity (Wildman–Crippen MR) is 94.8 cm³/mol. The second-order valence-corrected chi connectivity index (χ2v) is 6.94. The van der Waals surface area contributed by atoms with Crippen molar-refractivity contribution in [3.8, 4) is 28.4 Å². The average Bonchev–Trinajstić information content (AvgIpc) is 2.62. The lowest BCUT2D eigenvalue weighted by molar-refractivity contribution is 0.454. The fourth-order valence-electron chi connectivity index (χ4n) is 2.73. The standard InChI is InChI=1S/C19H15NO4S/c21-25(22)20-13-18-17(7-4-8-19(18)24-25)14-9-11-16(12-10-14)23-15-5-2-1-3-6-15/h1-12,20H,13H2. The molecule has 0 aromatic heterocycles. The van der Waals surface area contributed by atoms with Gasteiger partial charge in [0.25, 0.3) is 0 Å².